The monoisotopic (exact) mass is 399 g/mol. The molecule has 1 N–H and O–H groups in total. The molecule has 2 aliphatic rings. The Morgan fingerprint density at radius 2 is 1.90 bits per heavy atom. The van der Waals surface area contributed by atoms with E-state index < -0.39 is 5.54 Å². The van der Waals surface area contributed by atoms with Gasteiger partial charge in [-0.1, -0.05) is 39.0 Å². The number of nitrogens with zero attached hydrogens (tertiary/aromatic N) is 2. The Bertz CT molecular complexity index is 904. The molecule has 1 aliphatic carbocycles. The van der Waals surface area contributed by atoms with Crippen LogP contribution < -0.4 is 5.32 Å². The van der Waals surface area contributed by atoms with E-state index in [4.69, 9.17) is 4.42 Å². The van der Waals surface area contributed by atoms with Gasteiger partial charge in [0.25, 0.3) is 5.91 Å². The van der Waals surface area contributed by atoms with Crippen LogP contribution in [-0.4, -0.2) is 39.4 Å². The fraction of sp³-hybridized carbons (Fsp3) is 0.652. The zero-order valence-corrected chi connectivity index (χ0v) is 17.9. The Hall–Kier alpha value is -2.24. The van der Waals surface area contributed by atoms with Gasteiger partial charge >= 0.3 is 0 Å². The van der Waals surface area contributed by atoms with Crippen molar-refractivity contribution in [2.24, 2.45) is 0 Å². The summed E-state index contributed by atoms with van der Waals surface area (Å²) in [6.07, 6.45) is 8.99. The van der Waals surface area contributed by atoms with Crippen LogP contribution in [0, 0.1) is 6.92 Å². The molecule has 1 saturated carbocycles. The van der Waals surface area contributed by atoms with Gasteiger partial charge in [-0.25, -0.2) is 0 Å². The zero-order valence-electron chi connectivity index (χ0n) is 17.9. The highest BCUT2D eigenvalue weighted by Gasteiger charge is 2.48. The van der Waals surface area contributed by atoms with Crippen LogP contribution >= 0.6 is 0 Å². The molecule has 0 unspecified atom stereocenters. The number of aryl methyl sites for hydroxylation is 1. The van der Waals surface area contributed by atoms with Gasteiger partial charge < -0.3 is 19.2 Å². The predicted molar refractivity (Wildman–Crippen MR) is 113 cm³/mol. The molecule has 4 rings (SSSR count). The number of carbonyl (C=O) groups excluding carboxylic acids is 2. The summed E-state index contributed by atoms with van der Waals surface area (Å²) in [5, 5.41) is 3.31. The summed E-state index contributed by atoms with van der Waals surface area (Å²) in [4.78, 5) is 28.7. The highest BCUT2D eigenvalue weighted by atomic mass is 16.3. The molecule has 2 aromatic heterocycles. The second-order valence-corrected chi connectivity index (χ2v) is 8.97. The second kappa shape index (κ2) is 7.88. The molecule has 0 saturated heterocycles. The first-order chi connectivity index (χ1) is 13.9. The van der Waals surface area contributed by atoms with Crippen LogP contribution in [0.3, 0.4) is 0 Å². The molecule has 0 aromatic carbocycles. The largest absolute Gasteiger partial charge is 0.460 e. The number of hydrogen-bond donors (Lipinski definition) is 1. The number of hydrogen-bond acceptors (Lipinski definition) is 3. The highest BCUT2D eigenvalue weighted by molar-refractivity contribution is 6.03. The molecule has 29 heavy (non-hydrogen) atoms. The third-order valence-electron chi connectivity index (χ3n) is 6.62. The van der Waals surface area contributed by atoms with E-state index in [2.05, 4.69) is 5.32 Å². The van der Waals surface area contributed by atoms with Crippen molar-refractivity contribution in [2.75, 3.05) is 6.54 Å². The fourth-order valence-corrected chi connectivity index (χ4v) is 4.98. The van der Waals surface area contributed by atoms with Gasteiger partial charge in [-0.3, -0.25) is 9.59 Å². The minimum Gasteiger partial charge on any atom is -0.460 e. The summed E-state index contributed by atoms with van der Waals surface area (Å²) >= 11 is 0. The zero-order chi connectivity index (χ0) is 20.6. The topological polar surface area (TPSA) is 67.5 Å². The summed E-state index contributed by atoms with van der Waals surface area (Å²) in [6.45, 7) is 6.89. The Morgan fingerprint density at radius 3 is 2.59 bits per heavy atom. The van der Waals surface area contributed by atoms with Gasteiger partial charge in [0.05, 0.1) is 12.1 Å². The van der Waals surface area contributed by atoms with Crippen molar-refractivity contribution < 1.29 is 14.0 Å². The highest BCUT2D eigenvalue weighted by Crippen LogP contribution is 2.34. The summed E-state index contributed by atoms with van der Waals surface area (Å²) in [7, 11) is 0. The van der Waals surface area contributed by atoms with E-state index in [1.807, 2.05) is 37.5 Å². The molecule has 1 atom stereocenters. The molecular formula is C23H33N3O3. The molecule has 1 fully saturated rings. The van der Waals surface area contributed by atoms with Crippen molar-refractivity contribution >= 4 is 22.9 Å². The van der Waals surface area contributed by atoms with E-state index in [-0.39, 0.29) is 17.9 Å². The maximum absolute atomic E-state index is 13.5. The molecular weight excluding hydrogens is 366 g/mol. The molecule has 0 bridgehead atoms. The minimum atomic E-state index is -0.903. The molecule has 2 amide bonds. The maximum atomic E-state index is 13.5. The third kappa shape index (κ3) is 3.58. The van der Waals surface area contributed by atoms with Crippen molar-refractivity contribution in [2.45, 2.75) is 90.3 Å². The van der Waals surface area contributed by atoms with E-state index in [1.54, 1.807) is 4.90 Å². The van der Waals surface area contributed by atoms with E-state index in [9.17, 15) is 9.59 Å². The van der Waals surface area contributed by atoms with Crippen molar-refractivity contribution in [3.63, 3.8) is 0 Å². The lowest BCUT2D eigenvalue weighted by atomic mass is 9.92. The first kappa shape index (κ1) is 20.0. The predicted octanol–water partition coefficient (Wildman–Crippen LogP) is 4.40. The van der Waals surface area contributed by atoms with Crippen LogP contribution in [0.5, 0.6) is 0 Å². The van der Waals surface area contributed by atoms with Gasteiger partial charge in [-0.15, -0.1) is 0 Å². The Balaban J connectivity index is 1.65. The normalized spacial score (nSPS) is 23.7. The van der Waals surface area contributed by atoms with Gasteiger partial charge in [-0.2, -0.15) is 0 Å². The molecule has 6 nitrogen and oxygen atoms in total. The van der Waals surface area contributed by atoms with E-state index in [0.717, 1.165) is 43.4 Å². The quantitative estimate of drug-likeness (QED) is 0.829. The van der Waals surface area contributed by atoms with Gasteiger partial charge in [-0.05, 0) is 33.1 Å². The summed E-state index contributed by atoms with van der Waals surface area (Å²) in [5.74, 6) is 0.699. The van der Waals surface area contributed by atoms with Gasteiger partial charge in [0.1, 0.15) is 17.0 Å². The number of furan rings is 1. The first-order valence-electron chi connectivity index (χ1n) is 11.2. The van der Waals surface area contributed by atoms with Crippen LogP contribution in [0.25, 0.3) is 11.1 Å². The Kier molecular flexibility index (Phi) is 5.45. The Labute approximate surface area is 172 Å². The molecule has 2 aromatic rings. The summed E-state index contributed by atoms with van der Waals surface area (Å²) in [6, 6.07) is 3.98. The van der Waals surface area contributed by atoms with Gasteiger partial charge in [0.15, 0.2) is 5.58 Å². The standard InChI is InChI=1S/C23H33N3O3/c1-4-12-26-21(27)19-14-20-18(13-16(2)29-20)25(19)15-23(26,3)22(28)24-17-10-8-6-5-7-9-11-17/h13-14,17H,4-12,15H2,1-3H3,(H,24,28)/t23-/m0/s1. The average Bonchev–Trinajstić information content (AvgIpc) is 3.17. The minimum absolute atomic E-state index is 0.0300. The first-order valence-corrected chi connectivity index (χ1v) is 11.2. The van der Waals surface area contributed by atoms with Gasteiger partial charge in [0.2, 0.25) is 5.91 Å². The summed E-state index contributed by atoms with van der Waals surface area (Å²) in [5.41, 5.74) is 1.32. The van der Waals surface area contributed by atoms with E-state index >= 15 is 0 Å². The second-order valence-electron chi connectivity index (χ2n) is 8.97. The number of amides is 2. The average molecular weight is 400 g/mol. The number of carbonyl (C=O) groups is 2. The van der Waals surface area contributed by atoms with Crippen molar-refractivity contribution in [3.05, 3.63) is 23.6 Å². The van der Waals surface area contributed by atoms with Crippen LogP contribution in [0.1, 0.15) is 81.5 Å². The lowest BCUT2D eigenvalue weighted by molar-refractivity contribution is -0.133. The van der Waals surface area contributed by atoms with Crippen molar-refractivity contribution in [1.29, 1.82) is 0 Å². The number of rotatable bonds is 4. The van der Waals surface area contributed by atoms with Crippen molar-refractivity contribution in [3.8, 4) is 0 Å². The molecule has 158 valence electrons. The number of nitrogens with one attached hydrogen (secondary N) is 1. The number of fused-ring (bicyclic) bond motifs is 3. The molecule has 1 aliphatic heterocycles. The Morgan fingerprint density at radius 1 is 1.21 bits per heavy atom. The lowest BCUT2D eigenvalue weighted by Crippen LogP contribution is -2.65. The van der Waals surface area contributed by atoms with E-state index in [1.165, 1.54) is 19.3 Å². The van der Waals surface area contributed by atoms with Gasteiger partial charge in [0, 0.05) is 24.7 Å². The van der Waals surface area contributed by atoms with Crippen LogP contribution in [0.2, 0.25) is 0 Å². The molecule has 3 heterocycles. The van der Waals surface area contributed by atoms with Crippen LogP contribution in [0.4, 0.5) is 0 Å². The SMILES string of the molecule is CCCN1C(=O)c2cc3oc(C)cc3n2C[C@@]1(C)C(=O)NC1CCCCCCC1. The molecule has 0 spiro atoms. The fourth-order valence-electron chi connectivity index (χ4n) is 4.98. The number of aromatic nitrogens is 1. The van der Waals surface area contributed by atoms with Crippen LogP contribution in [-0.2, 0) is 11.3 Å². The van der Waals surface area contributed by atoms with Crippen molar-refractivity contribution in [1.82, 2.24) is 14.8 Å². The van der Waals surface area contributed by atoms with E-state index in [0.29, 0.717) is 24.4 Å². The lowest BCUT2D eigenvalue weighted by Gasteiger charge is -2.44. The maximum Gasteiger partial charge on any atom is 0.271 e. The third-order valence-corrected chi connectivity index (χ3v) is 6.62. The smallest absolute Gasteiger partial charge is 0.271 e. The summed E-state index contributed by atoms with van der Waals surface area (Å²) < 4.78 is 7.72. The molecule has 6 heteroatoms. The molecule has 0 radical (unpaired) electrons. The van der Waals surface area contributed by atoms with Crippen LogP contribution in [0.15, 0.2) is 16.5 Å².